The highest BCUT2D eigenvalue weighted by Gasteiger charge is 2.26. The van der Waals surface area contributed by atoms with E-state index in [0.29, 0.717) is 25.1 Å². The second kappa shape index (κ2) is 6.03. The number of hydrogen-bond acceptors (Lipinski definition) is 3. The van der Waals surface area contributed by atoms with E-state index in [-0.39, 0.29) is 11.8 Å². The number of hydrogen-bond donors (Lipinski definition) is 3. The molecule has 5 nitrogen and oxygen atoms in total. The molecule has 98 valence electrons. The monoisotopic (exact) mass is 257 g/mol. The quantitative estimate of drug-likeness (QED) is 0.662. The maximum atomic E-state index is 11.9. The van der Waals surface area contributed by atoms with E-state index in [1.54, 1.807) is 12.1 Å². The van der Waals surface area contributed by atoms with Crippen LogP contribution in [0.5, 0.6) is 0 Å². The molecule has 1 aromatic rings. The largest absolute Gasteiger partial charge is 0.344 e. The fraction of sp³-hybridized carbons (Fsp3) is 0.286. The van der Waals surface area contributed by atoms with Crippen molar-refractivity contribution in [2.75, 3.05) is 11.9 Å². The van der Waals surface area contributed by atoms with E-state index in [0.717, 1.165) is 5.56 Å². The smallest absolute Gasteiger partial charge is 0.246 e. The number of amides is 2. The van der Waals surface area contributed by atoms with Gasteiger partial charge in [-0.05, 0) is 24.6 Å². The van der Waals surface area contributed by atoms with Gasteiger partial charge < -0.3 is 16.4 Å². The van der Waals surface area contributed by atoms with E-state index < -0.39 is 6.04 Å². The van der Waals surface area contributed by atoms with Crippen molar-refractivity contribution in [1.29, 1.82) is 0 Å². The molecule has 5 heteroatoms. The molecular weight excluding hydrogens is 242 g/mol. The highest BCUT2D eigenvalue weighted by atomic mass is 16.2. The van der Waals surface area contributed by atoms with Gasteiger partial charge >= 0.3 is 0 Å². The Bertz CT molecular complexity index is 557. The van der Waals surface area contributed by atoms with E-state index in [4.69, 9.17) is 5.73 Å². The number of anilines is 1. The zero-order valence-corrected chi connectivity index (χ0v) is 10.4. The van der Waals surface area contributed by atoms with Crippen LogP contribution in [0, 0.1) is 11.8 Å². The van der Waals surface area contributed by atoms with Crippen LogP contribution in [0.3, 0.4) is 0 Å². The number of carbonyl (C=O) groups excluding carboxylic acids is 2. The number of nitrogens with one attached hydrogen (secondary N) is 2. The summed E-state index contributed by atoms with van der Waals surface area (Å²) in [6.07, 6.45) is 0.942. The molecule has 1 aliphatic heterocycles. The number of nitrogens with two attached hydrogens (primary N) is 1. The van der Waals surface area contributed by atoms with Gasteiger partial charge in [-0.3, -0.25) is 9.59 Å². The average molecular weight is 257 g/mol. The van der Waals surface area contributed by atoms with Crippen LogP contribution in [0.4, 0.5) is 5.69 Å². The molecular formula is C14H15N3O2. The lowest BCUT2D eigenvalue weighted by Gasteiger charge is -2.10. The van der Waals surface area contributed by atoms with Crippen LogP contribution < -0.4 is 16.4 Å². The molecule has 0 aromatic heterocycles. The molecule has 1 aromatic carbocycles. The lowest BCUT2D eigenvalue weighted by Crippen LogP contribution is -2.37. The molecule has 1 unspecified atom stereocenters. The molecule has 1 atom stereocenters. The fourth-order valence-corrected chi connectivity index (χ4v) is 1.87. The van der Waals surface area contributed by atoms with Crippen molar-refractivity contribution in [3.63, 3.8) is 0 Å². The Balaban J connectivity index is 2.02. The van der Waals surface area contributed by atoms with Gasteiger partial charge in [0.2, 0.25) is 11.8 Å². The van der Waals surface area contributed by atoms with Crippen LogP contribution in [0.25, 0.3) is 0 Å². The summed E-state index contributed by atoms with van der Waals surface area (Å²) < 4.78 is 0. The number of benzene rings is 1. The van der Waals surface area contributed by atoms with E-state index in [1.807, 2.05) is 12.1 Å². The molecule has 2 amide bonds. The fourth-order valence-electron chi connectivity index (χ4n) is 1.87. The van der Waals surface area contributed by atoms with Crippen LogP contribution in [-0.2, 0) is 9.59 Å². The molecule has 0 saturated carbocycles. The third kappa shape index (κ3) is 3.57. The molecule has 2 rings (SSSR count). The Morgan fingerprint density at radius 2 is 2.37 bits per heavy atom. The first-order valence-corrected chi connectivity index (χ1v) is 6.08. The third-order valence-electron chi connectivity index (χ3n) is 2.78. The molecule has 1 fully saturated rings. The maximum Gasteiger partial charge on any atom is 0.246 e. The molecule has 1 saturated heterocycles. The van der Waals surface area contributed by atoms with Crippen LogP contribution in [0.2, 0.25) is 0 Å². The van der Waals surface area contributed by atoms with Crippen molar-refractivity contribution in [2.24, 2.45) is 5.73 Å². The minimum absolute atomic E-state index is 0.0808. The van der Waals surface area contributed by atoms with Gasteiger partial charge in [0.25, 0.3) is 0 Å². The van der Waals surface area contributed by atoms with Crippen LogP contribution in [0.1, 0.15) is 18.4 Å². The lowest BCUT2D eigenvalue weighted by atomic mass is 10.2. The summed E-state index contributed by atoms with van der Waals surface area (Å²) in [7, 11) is 0. The van der Waals surface area contributed by atoms with E-state index >= 15 is 0 Å². The highest BCUT2D eigenvalue weighted by Crippen LogP contribution is 2.13. The van der Waals surface area contributed by atoms with Gasteiger partial charge in [-0.25, -0.2) is 0 Å². The Morgan fingerprint density at radius 1 is 1.53 bits per heavy atom. The Morgan fingerprint density at radius 3 is 3.05 bits per heavy atom. The summed E-state index contributed by atoms with van der Waals surface area (Å²) in [5, 5.41) is 5.40. The Labute approximate surface area is 111 Å². The van der Waals surface area contributed by atoms with Gasteiger partial charge in [0.1, 0.15) is 6.04 Å². The normalized spacial score (nSPS) is 17.3. The van der Waals surface area contributed by atoms with Crippen molar-refractivity contribution in [2.45, 2.75) is 18.9 Å². The Hall–Kier alpha value is -2.32. The lowest BCUT2D eigenvalue weighted by molar-refractivity contribution is -0.122. The zero-order chi connectivity index (χ0) is 13.7. The predicted octanol–water partition coefficient (Wildman–Crippen LogP) is 0.214. The predicted molar refractivity (Wildman–Crippen MR) is 72.2 cm³/mol. The summed E-state index contributed by atoms with van der Waals surface area (Å²) in [5.74, 6) is 5.37. The first kappa shape index (κ1) is 13.1. The molecule has 1 heterocycles. The zero-order valence-electron chi connectivity index (χ0n) is 10.4. The van der Waals surface area contributed by atoms with Gasteiger partial charge in [-0.2, -0.15) is 0 Å². The van der Waals surface area contributed by atoms with Gasteiger partial charge in [0.15, 0.2) is 0 Å². The molecule has 1 aliphatic rings. The summed E-state index contributed by atoms with van der Waals surface area (Å²) in [6, 6.07) is 6.77. The van der Waals surface area contributed by atoms with Crippen molar-refractivity contribution in [1.82, 2.24) is 5.32 Å². The number of rotatable bonds is 2. The molecule has 19 heavy (non-hydrogen) atoms. The summed E-state index contributed by atoms with van der Waals surface area (Å²) >= 11 is 0. The van der Waals surface area contributed by atoms with Crippen molar-refractivity contribution < 1.29 is 9.59 Å². The number of carbonyl (C=O) groups is 2. The van der Waals surface area contributed by atoms with E-state index in [1.165, 1.54) is 0 Å². The molecule has 4 N–H and O–H groups in total. The van der Waals surface area contributed by atoms with Crippen LogP contribution in [0.15, 0.2) is 24.3 Å². The van der Waals surface area contributed by atoms with Crippen molar-refractivity contribution in [3.8, 4) is 11.8 Å². The standard InChI is InChI=1S/C14H15N3O2/c15-8-2-4-10-3-1-5-11(9-10)16-14(19)12-6-7-13(18)17-12/h1,3,5,9,12H,6-8,15H2,(H,16,19)(H,17,18). The topological polar surface area (TPSA) is 84.2 Å². The minimum Gasteiger partial charge on any atom is -0.344 e. The van der Waals surface area contributed by atoms with E-state index in [2.05, 4.69) is 22.5 Å². The van der Waals surface area contributed by atoms with Crippen molar-refractivity contribution >= 4 is 17.5 Å². The van der Waals surface area contributed by atoms with Crippen LogP contribution >= 0.6 is 0 Å². The Kier molecular flexibility index (Phi) is 4.16. The third-order valence-corrected chi connectivity index (χ3v) is 2.78. The van der Waals surface area contributed by atoms with Gasteiger partial charge in [0.05, 0.1) is 6.54 Å². The summed E-state index contributed by atoms with van der Waals surface area (Å²) in [4.78, 5) is 23.0. The highest BCUT2D eigenvalue weighted by molar-refractivity contribution is 5.99. The summed E-state index contributed by atoms with van der Waals surface area (Å²) in [5.41, 5.74) is 6.76. The molecule has 0 bridgehead atoms. The molecule has 0 spiro atoms. The van der Waals surface area contributed by atoms with E-state index in [9.17, 15) is 9.59 Å². The molecule has 0 radical (unpaired) electrons. The van der Waals surface area contributed by atoms with Gasteiger partial charge in [-0.1, -0.05) is 17.9 Å². The molecule has 0 aliphatic carbocycles. The minimum atomic E-state index is -0.439. The first-order chi connectivity index (χ1) is 9.19. The van der Waals surface area contributed by atoms with Crippen molar-refractivity contribution in [3.05, 3.63) is 29.8 Å². The second-order valence-corrected chi connectivity index (χ2v) is 4.23. The SMILES string of the molecule is NCC#Cc1cccc(NC(=O)C2CCC(=O)N2)c1. The van der Waals surface area contributed by atoms with Gasteiger partial charge in [0, 0.05) is 17.7 Å². The maximum absolute atomic E-state index is 11.9. The van der Waals surface area contributed by atoms with Gasteiger partial charge in [-0.15, -0.1) is 0 Å². The van der Waals surface area contributed by atoms with Crippen LogP contribution in [-0.4, -0.2) is 24.4 Å². The first-order valence-electron chi connectivity index (χ1n) is 6.08. The summed E-state index contributed by atoms with van der Waals surface area (Å²) in [6.45, 7) is 0.296. The second-order valence-electron chi connectivity index (χ2n) is 4.23. The average Bonchev–Trinajstić information content (AvgIpc) is 2.83.